The van der Waals surface area contributed by atoms with Gasteiger partial charge in [-0.15, -0.1) is 0 Å². The predicted molar refractivity (Wildman–Crippen MR) is 88.3 cm³/mol. The van der Waals surface area contributed by atoms with E-state index in [2.05, 4.69) is 43.6 Å². The summed E-state index contributed by atoms with van der Waals surface area (Å²) in [5, 5.41) is 3.59. The summed E-state index contributed by atoms with van der Waals surface area (Å²) in [7, 11) is 2.14. The number of aryl methyl sites for hydroxylation is 1. The van der Waals surface area contributed by atoms with Gasteiger partial charge in [-0.25, -0.2) is 0 Å². The van der Waals surface area contributed by atoms with Gasteiger partial charge in [0.25, 0.3) is 0 Å². The summed E-state index contributed by atoms with van der Waals surface area (Å²) in [5.74, 6) is 0.742. The molecule has 1 heteroatoms. The average molecular weight is 273 g/mol. The van der Waals surface area contributed by atoms with Crippen molar-refractivity contribution in [2.45, 2.75) is 76.7 Å². The van der Waals surface area contributed by atoms with E-state index in [0.717, 1.165) is 5.92 Å². The third-order valence-electron chi connectivity index (χ3n) is 4.90. The lowest BCUT2D eigenvalue weighted by Gasteiger charge is -2.24. The summed E-state index contributed by atoms with van der Waals surface area (Å²) in [6.45, 7) is 2.29. The summed E-state index contributed by atoms with van der Waals surface area (Å²) >= 11 is 0. The van der Waals surface area contributed by atoms with Crippen LogP contribution in [-0.4, -0.2) is 13.1 Å². The van der Waals surface area contributed by atoms with Crippen molar-refractivity contribution in [3.8, 4) is 0 Å². The molecule has 0 radical (unpaired) electrons. The number of hydrogen-bond donors (Lipinski definition) is 1. The zero-order chi connectivity index (χ0) is 14.2. The third kappa shape index (κ3) is 4.09. The zero-order valence-electron chi connectivity index (χ0n) is 13.3. The fourth-order valence-corrected chi connectivity index (χ4v) is 3.70. The summed E-state index contributed by atoms with van der Waals surface area (Å²) in [6, 6.07) is 9.72. The lowest BCUT2D eigenvalue weighted by molar-refractivity contribution is 0.412. The van der Waals surface area contributed by atoms with Crippen LogP contribution in [0.2, 0.25) is 0 Å². The largest absolute Gasteiger partial charge is 0.316 e. The van der Waals surface area contributed by atoms with Gasteiger partial charge in [-0.1, -0.05) is 69.7 Å². The van der Waals surface area contributed by atoms with Crippen LogP contribution in [0.5, 0.6) is 0 Å². The summed E-state index contributed by atoms with van der Waals surface area (Å²) < 4.78 is 0. The minimum atomic E-state index is 0.671. The molecule has 1 nitrogen and oxygen atoms in total. The van der Waals surface area contributed by atoms with E-state index in [1.54, 1.807) is 11.1 Å². The molecule has 0 heterocycles. The molecule has 0 spiro atoms. The normalized spacial score (nSPS) is 19.0. The summed E-state index contributed by atoms with van der Waals surface area (Å²) in [4.78, 5) is 0. The molecule has 0 aromatic heterocycles. The van der Waals surface area contributed by atoms with E-state index in [9.17, 15) is 0 Å². The molecule has 0 fully saturated rings. The molecule has 0 bridgehead atoms. The molecule has 1 aromatic rings. The van der Waals surface area contributed by atoms with E-state index in [1.165, 1.54) is 57.8 Å². The molecule has 112 valence electrons. The van der Waals surface area contributed by atoms with Crippen LogP contribution in [0.4, 0.5) is 0 Å². The van der Waals surface area contributed by atoms with Crippen molar-refractivity contribution < 1.29 is 0 Å². The fourth-order valence-electron chi connectivity index (χ4n) is 3.70. The van der Waals surface area contributed by atoms with Crippen LogP contribution in [0.3, 0.4) is 0 Å². The van der Waals surface area contributed by atoms with Gasteiger partial charge in [-0.3, -0.25) is 0 Å². The third-order valence-corrected chi connectivity index (χ3v) is 4.90. The molecular weight excluding hydrogens is 242 g/mol. The number of fused-ring (bicyclic) bond motifs is 1. The van der Waals surface area contributed by atoms with Crippen LogP contribution in [0.15, 0.2) is 24.3 Å². The quantitative estimate of drug-likeness (QED) is 0.620. The van der Waals surface area contributed by atoms with Crippen molar-refractivity contribution in [2.75, 3.05) is 7.05 Å². The SMILES string of the molecule is CCCCCCCCC(NC)C1CCc2ccccc21. The standard InChI is InChI=1S/C19H31N/c1-3-4-5-6-7-8-13-19(20-2)18-15-14-16-11-9-10-12-17(16)18/h9-12,18-20H,3-8,13-15H2,1-2H3. The number of nitrogens with one attached hydrogen (secondary N) is 1. The van der Waals surface area contributed by atoms with E-state index in [1.807, 2.05) is 0 Å². The summed E-state index contributed by atoms with van der Waals surface area (Å²) in [5.41, 5.74) is 3.19. The average Bonchev–Trinajstić information content (AvgIpc) is 2.91. The number of benzene rings is 1. The maximum absolute atomic E-state index is 3.59. The number of likely N-dealkylation sites (N-methyl/N-ethyl adjacent to an activating group) is 1. The van der Waals surface area contributed by atoms with Gasteiger partial charge in [-0.2, -0.15) is 0 Å². The summed E-state index contributed by atoms with van der Waals surface area (Å²) in [6.07, 6.45) is 12.3. The highest BCUT2D eigenvalue weighted by Gasteiger charge is 2.27. The van der Waals surface area contributed by atoms with Crippen molar-refractivity contribution >= 4 is 0 Å². The van der Waals surface area contributed by atoms with Gasteiger partial charge in [0.15, 0.2) is 0 Å². The second kappa shape index (κ2) is 8.46. The molecule has 0 aliphatic heterocycles. The fraction of sp³-hybridized carbons (Fsp3) is 0.684. The van der Waals surface area contributed by atoms with Crippen molar-refractivity contribution in [3.05, 3.63) is 35.4 Å². The van der Waals surface area contributed by atoms with Crippen molar-refractivity contribution in [1.82, 2.24) is 5.32 Å². The highest BCUT2D eigenvalue weighted by atomic mass is 14.9. The van der Waals surface area contributed by atoms with E-state index in [0.29, 0.717) is 6.04 Å². The van der Waals surface area contributed by atoms with Gasteiger partial charge in [0.05, 0.1) is 0 Å². The first-order valence-corrected chi connectivity index (χ1v) is 8.62. The monoisotopic (exact) mass is 273 g/mol. The number of rotatable bonds is 9. The topological polar surface area (TPSA) is 12.0 Å². The molecule has 1 N–H and O–H groups in total. The van der Waals surface area contributed by atoms with E-state index < -0.39 is 0 Å². The van der Waals surface area contributed by atoms with Gasteiger partial charge in [0.1, 0.15) is 0 Å². The van der Waals surface area contributed by atoms with E-state index in [4.69, 9.17) is 0 Å². The maximum Gasteiger partial charge on any atom is 0.0133 e. The molecule has 2 atom stereocenters. The Balaban J connectivity index is 1.78. The lowest BCUT2D eigenvalue weighted by Crippen LogP contribution is -2.31. The zero-order valence-corrected chi connectivity index (χ0v) is 13.3. The molecular formula is C19H31N. The van der Waals surface area contributed by atoms with Gasteiger partial charge < -0.3 is 5.32 Å². The Morgan fingerprint density at radius 2 is 1.85 bits per heavy atom. The van der Waals surface area contributed by atoms with Crippen LogP contribution in [0, 0.1) is 0 Å². The molecule has 1 aliphatic rings. The van der Waals surface area contributed by atoms with Crippen LogP contribution in [0.25, 0.3) is 0 Å². The highest BCUT2D eigenvalue weighted by molar-refractivity contribution is 5.35. The van der Waals surface area contributed by atoms with E-state index in [-0.39, 0.29) is 0 Å². The molecule has 2 rings (SSSR count). The maximum atomic E-state index is 3.59. The van der Waals surface area contributed by atoms with Crippen LogP contribution >= 0.6 is 0 Å². The van der Waals surface area contributed by atoms with Gasteiger partial charge in [-0.05, 0) is 43.4 Å². The second-order valence-electron chi connectivity index (χ2n) is 6.30. The Morgan fingerprint density at radius 1 is 1.10 bits per heavy atom. The van der Waals surface area contributed by atoms with Crippen LogP contribution < -0.4 is 5.32 Å². The lowest BCUT2D eigenvalue weighted by atomic mass is 9.89. The molecule has 20 heavy (non-hydrogen) atoms. The number of hydrogen-bond acceptors (Lipinski definition) is 1. The van der Waals surface area contributed by atoms with Gasteiger partial charge >= 0.3 is 0 Å². The Bertz CT molecular complexity index is 385. The molecule has 1 aliphatic carbocycles. The Kier molecular flexibility index (Phi) is 6.59. The molecule has 0 amide bonds. The molecule has 1 aromatic carbocycles. The first kappa shape index (κ1) is 15.6. The predicted octanol–water partition coefficient (Wildman–Crippen LogP) is 5.06. The first-order chi connectivity index (χ1) is 9.86. The van der Waals surface area contributed by atoms with Crippen molar-refractivity contribution in [1.29, 1.82) is 0 Å². The van der Waals surface area contributed by atoms with E-state index >= 15 is 0 Å². The Labute approximate surface area is 125 Å². The highest BCUT2D eigenvalue weighted by Crippen LogP contribution is 2.36. The van der Waals surface area contributed by atoms with Crippen molar-refractivity contribution in [2.24, 2.45) is 0 Å². The first-order valence-electron chi connectivity index (χ1n) is 8.62. The van der Waals surface area contributed by atoms with Crippen LogP contribution in [-0.2, 0) is 6.42 Å². The van der Waals surface area contributed by atoms with Crippen molar-refractivity contribution in [3.63, 3.8) is 0 Å². The molecule has 2 unspecified atom stereocenters. The smallest absolute Gasteiger partial charge is 0.0133 e. The molecule has 0 saturated carbocycles. The Hall–Kier alpha value is -0.820. The Morgan fingerprint density at radius 3 is 2.65 bits per heavy atom. The van der Waals surface area contributed by atoms with Gasteiger partial charge in [0, 0.05) is 6.04 Å². The van der Waals surface area contributed by atoms with Crippen LogP contribution in [0.1, 0.15) is 75.3 Å². The second-order valence-corrected chi connectivity index (χ2v) is 6.30. The number of unbranched alkanes of at least 4 members (excludes halogenated alkanes) is 5. The minimum absolute atomic E-state index is 0.671. The molecule has 0 saturated heterocycles. The minimum Gasteiger partial charge on any atom is -0.316 e. The van der Waals surface area contributed by atoms with Gasteiger partial charge in [0.2, 0.25) is 0 Å².